The van der Waals surface area contributed by atoms with Gasteiger partial charge in [0.25, 0.3) is 0 Å². The highest BCUT2D eigenvalue weighted by molar-refractivity contribution is 7.91. The van der Waals surface area contributed by atoms with E-state index in [9.17, 15) is 8.42 Å². The Bertz CT molecular complexity index is 769. The SMILES string of the molecule is Cc1cc(-c2nnnn2CC2CCS(=O)(=O)C2)ccc1N. The molecule has 0 radical (unpaired) electrons. The number of aromatic nitrogens is 4. The molecule has 1 fully saturated rings. The topological polar surface area (TPSA) is 104 Å². The highest BCUT2D eigenvalue weighted by atomic mass is 32.2. The van der Waals surface area contributed by atoms with E-state index in [0.29, 0.717) is 18.8 Å². The zero-order valence-corrected chi connectivity index (χ0v) is 12.5. The van der Waals surface area contributed by atoms with Crippen LogP contribution in [-0.2, 0) is 16.4 Å². The van der Waals surface area contributed by atoms with Crippen LogP contribution in [0.2, 0.25) is 0 Å². The van der Waals surface area contributed by atoms with Crippen molar-refractivity contribution in [3.8, 4) is 11.4 Å². The van der Waals surface area contributed by atoms with Crippen molar-refractivity contribution in [3.05, 3.63) is 23.8 Å². The molecule has 1 aromatic heterocycles. The molecule has 2 N–H and O–H groups in total. The quantitative estimate of drug-likeness (QED) is 0.836. The number of benzene rings is 1. The predicted molar refractivity (Wildman–Crippen MR) is 79.2 cm³/mol. The summed E-state index contributed by atoms with van der Waals surface area (Å²) in [4.78, 5) is 0. The molecular formula is C13H17N5O2S. The van der Waals surface area contributed by atoms with E-state index in [1.54, 1.807) is 4.68 Å². The fourth-order valence-corrected chi connectivity index (χ4v) is 4.46. The van der Waals surface area contributed by atoms with Crippen molar-refractivity contribution in [3.63, 3.8) is 0 Å². The molecule has 0 aliphatic carbocycles. The van der Waals surface area contributed by atoms with Crippen molar-refractivity contribution in [1.82, 2.24) is 20.2 Å². The summed E-state index contributed by atoms with van der Waals surface area (Å²) in [5.74, 6) is 1.19. The highest BCUT2D eigenvalue weighted by Gasteiger charge is 2.29. The van der Waals surface area contributed by atoms with Crippen molar-refractivity contribution in [2.45, 2.75) is 19.9 Å². The lowest BCUT2D eigenvalue weighted by Crippen LogP contribution is -2.14. The first kappa shape index (κ1) is 14.0. The van der Waals surface area contributed by atoms with Gasteiger partial charge in [0.15, 0.2) is 15.7 Å². The number of aryl methyl sites for hydroxylation is 1. The molecule has 2 heterocycles. The number of nitrogens with zero attached hydrogens (tertiary/aromatic N) is 4. The smallest absolute Gasteiger partial charge is 0.182 e. The summed E-state index contributed by atoms with van der Waals surface area (Å²) in [7, 11) is -2.89. The first-order chi connectivity index (χ1) is 9.94. The summed E-state index contributed by atoms with van der Waals surface area (Å²) in [5, 5.41) is 11.7. The van der Waals surface area contributed by atoms with Crippen LogP contribution in [0, 0.1) is 12.8 Å². The lowest BCUT2D eigenvalue weighted by molar-refractivity contribution is 0.452. The number of anilines is 1. The fraction of sp³-hybridized carbons (Fsp3) is 0.462. The van der Waals surface area contributed by atoms with E-state index in [1.807, 2.05) is 25.1 Å². The minimum absolute atomic E-state index is 0.0760. The Hall–Kier alpha value is -1.96. The Balaban J connectivity index is 1.85. The fourth-order valence-electron chi connectivity index (χ4n) is 2.61. The third-order valence-electron chi connectivity index (χ3n) is 3.82. The summed E-state index contributed by atoms with van der Waals surface area (Å²) in [6.07, 6.45) is 0.669. The van der Waals surface area contributed by atoms with Gasteiger partial charge in [-0.25, -0.2) is 13.1 Å². The van der Waals surface area contributed by atoms with Gasteiger partial charge in [0.1, 0.15) is 0 Å². The summed E-state index contributed by atoms with van der Waals surface area (Å²) < 4.78 is 24.7. The van der Waals surface area contributed by atoms with E-state index in [4.69, 9.17) is 5.73 Å². The second-order valence-corrected chi connectivity index (χ2v) is 7.75. The highest BCUT2D eigenvalue weighted by Crippen LogP contribution is 2.24. The monoisotopic (exact) mass is 307 g/mol. The molecule has 1 unspecified atom stereocenters. The number of rotatable bonds is 3. The Morgan fingerprint density at radius 1 is 1.43 bits per heavy atom. The number of tetrazole rings is 1. The van der Waals surface area contributed by atoms with Gasteiger partial charge in [-0.05, 0) is 53.5 Å². The summed E-state index contributed by atoms with van der Waals surface area (Å²) in [6.45, 7) is 2.45. The summed E-state index contributed by atoms with van der Waals surface area (Å²) in [5.41, 5.74) is 8.38. The molecule has 21 heavy (non-hydrogen) atoms. The average Bonchev–Trinajstić information content (AvgIpc) is 3.00. The van der Waals surface area contributed by atoms with Gasteiger partial charge in [0.05, 0.1) is 11.5 Å². The Morgan fingerprint density at radius 3 is 2.90 bits per heavy atom. The van der Waals surface area contributed by atoms with Crippen LogP contribution in [0.1, 0.15) is 12.0 Å². The maximum Gasteiger partial charge on any atom is 0.182 e. The normalized spacial score (nSPS) is 20.7. The molecular weight excluding hydrogens is 290 g/mol. The van der Waals surface area contributed by atoms with E-state index >= 15 is 0 Å². The minimum Gasteiger partial charge on any atom is -0.399 e. The Kier molecular flexibility index (Phi) is 3.40. The van der Waals surface area contributed by atoms with Gasteiger partial charge in [0.2, 0.25) is 0 Å². The molecule has 1 aromatic carbocycles. The van der Waals surface area contributed by atoms with Gasteiger partial charge in [-0.3, -0.25) is 0 Å². The third-order valence-corrected chi connectivity index (χ3v) is 5.65. The molecule has 3 rings (SSSR count). The first-order valence-electron chi connectivity index (χ1n) is 6.78. The molecule has 0 amide bonds. The van der Waals surface area contributed by atoms with Gasteiger partial charge in [-0.2, -0.15) is 0 Å². The van der Waals surface area contributed by atoms with Crippen LogP contribution in [0.15, 0.2) is 18.2 Å². The lowest BCUT2D eigenvalue weighted by atomic mass is 10.1. The van der Waals surface area contributed by atoms with Gasteiger partial charge >= 0.3 is 0 Å². The van der Waals surface area contributed by atoms with E-state index in [0.717, 1.165) is 16.8 Å². The van der Waals surface area contributed by atoms with Crippen molar-refractivity contribution < 1.29 is 8.42 Å². The van der Waals surface area contributed by atoms with E-state index in [1.165, 1.54) is 0 Å². The second-order valence-electron chi connectivity index (χ2n) is 5.53. The molecule has 1 saturated heterocycles. The van der Waals surface area contributed by atoms with E-state index in [-0.39, 0.29) is 17.4 Å². The Morgan fingerprint density at radius 2 is 2.24 bits per heavy atom. The Labute approximate surface area is 123 Å². The van der Waals surface area contributed by atoms with Crippen LogP contribution >= 0.6 is 0 Å². The van der Waals surface area contributed by atoms with Crippen molar-refractivity contribution >= 4 is 15.5 Å². The summed E-state index contributed by atoms with van der Waals surface area (Å²) in [6, 6.07) is 5.63. The molecule has 0 saturated carbocycles. The van der Waals surface area contributed by atoms with Gasteiger partial charge in [-0.1, -0.05) is 0 Å². The van der Waals surface area contributed by atoms with Crippen molar-refractivity contribution in [2.75, 3.05) is 17.2 Å². The lowest BCUT2D eigenvalue weighted by Gasteiger charge is -2.10. The average molecular weight is 307 g/mol. The largest absolute Gasteiger partial charge is 0.399 e. The maximum atomic E-state index is 11.5. The molecule has 7 nitrogen and oxygen atoms in total. The standard InChI is InChI=1S/C13H17N5O2S/c1-9-6-11(2-3-12(9)14)13-15-16-17-18(13)7-10-4-5-21(19,20)8-10/h2-3,6,10H,4-5,7-8,14H2,1H3. The van der Waals surface area contributed by atoms with Gasteiger partial charge in [-0.15, -0.1) is 5.10 Å². The molecule has 2 aromatic rings. The summed E-state index contributed by atoms with van der Waals surface area (Å²) >= 11 is 0. The molecule has 0 spiro atoms. The predicted octanol–water partition coefficient (Wildman–Crippen LogP) is 0.665. The third kappa shape index (κ3) is 2.90. The van der Waals surface area contributed by atoms with Crippen molar-refractivity contribution in [1.29, 1.82) is 0 Å². The molecule has 1 atom stereocenters. The van der Waals surface area contributed by atoms with Crippen LogP contribution < -0.4 is 5.73 Å². The molecule has 8 heteroatoms. The minimum atomic E-state index is -2.89. The zero-order chi connectivity index (χ0) is 15.0. The van der Waals surface area contributed by atoms with Gasteiger partial charge in [0, 0.05) is 17.8 Å². The van der Waals surface area contributed by atoms with Crippen LogP contribution in [0.4, 0.5) is 5.69 Å². The first-order valence-corrected chi connectivity index (χ1v) is 8.60. The number of nitrogens with two attached hydrogens (primary N) is 1. The van der Waals surface area contributed by atoms with E-state index < -0.39 is 9.84 Å². The molecule has 1 aliphatic rings. The maximum absolute atomic E-state index is 11.5. The second kappa shape index (κ2) is 5.10. The molecule has 0 bridgehead atoms. The molecule has 1 aliphatic heterocycles. The molecule has 112 valence electrons. The van der Waals surface area contributed by atoms with Gasteiger partial charge < -0.3 is 5.73 Å². The van der Waals surface area contributed by atoms with Crippen LogP contribution in [0.25, 0.3) is 11.4 Å². The zero-order valence-electron chi connectivity index (χ0n) is 11.7. The number of nitrogen functional groups attached to an aromatic ring is 1. The van der Waals surface area contributed by atoms with Crippen LogP contribution in [-0.4, -0.2) is 40.1 Å². The van der Waals surface area contributed by atoms with Crippen LogP contribution in [0.5, 0.6) is 0 Å². The van der Waals surface area contributed by atoms with Crippen molar-refractivity contribution in [2.24, 2.45) is 5.92 Å². The van der Waals surface area contributed by atoms with Crippen LogP contribution in [0.3, 0.4) is 0 Å². The number of hydrogen-bond acceptors (Lipinski definition) is 6. The number of hydrogen-bond donors (Lipinski definition) is 1. The van der Waals surface area contributed by atoms with E-state index in [2.05, 4.69) is 15.5 Å². The number of sulfone groups is 1.